The molecule has 2 fully saturated rings. The lowest BCUT2D eigenvalue weighted by Gasteiger charge is -2.33. The number of tetrazole rings is 1. The first kappa shape index (κ1) is 19.9. The van der Waals surface area contributed by atoms with E-state index in [1.807, 2.05) is 4.90 Å². The van der Waals surface area contributed by atoms with Crippen LogP contribution in [0.1, 0.15) is 18.9 Å². The summed E-state index contributed by atoms with van der Waals surface area (Å²) in [7, 11) is 1.25. The molecular weight excluding hydrogens is 397 g/mol. The highest BCUT2D eigenvalue weighted by Crippen LogP contribution is 2.31. The molecule has 0 radical (unpaired) electrons. The summed E-state index contributed by atoms with van der Waals surface area (Å²) in [6.45, 7) is 1.67. The Morgan fingerprint density at radius 3 is 2.83 bits per heavy atom. The van der Waals surface area contributed by atoms with E-state index in [-0.39, 0.29) is 19.1 Å². The summed E-state index contributed by atoms with van der Waals surface area (Å²) >= 11 is 0. The van der Waals surface area contributed by atoms with E-state index in [2.05, 4.69) is 25.6 Å². The van der Waals surface area contributed by atoms with Gasteiger partial charge >= 0.3 is 12.2 Å². The van der Waals surface area contributed by atoms with E-state index in [1.165, 1.54) is 18.1 Å². The molecule has 1 aromatic heterocycles. The number of benzene rings is 1. The minimum atomic E-state index is -0.608. The number of alkyl carbamates (subject to hydrolysis) is 1. The standard InChI is InChI=1S/C18H22FN7O4/c1-29-17(27)20-9-14-10-25(18(28)30-14)13-2-3-16(15(19)8-13)24-6-4-12(5-7-24)26-11-21-22-23-26/h2-3,8,11-12,14H,4-7,9-10H2,1H3,(H,20,27)/t14-/m0/s1. The largest absolute Gasteiger partial charge is 0.453 e. The molecule has 2 aromatic rings. The fraction of sp³-hybridized carbons (Fsp3) is 0.500. The Bertz CT molecular complexity index is 902. The second kappa shape index (κ2) is 8.51. The lowest BCUT2D eigenvalue weighted by atomic mass is 10.0. The molecule has 0 spiro atoms. The van der Waals surface area contributed by atoms with Crippen LogP contribution in [0.25, 0.3) is 0 Å². The molecule has 2 aliphatic rings. The van der Waals surface area contributed by atoms with Crippen LogP contribution in [-0.4, -0.2) is 71.8 Å². The number of anilines is 2. The Kier molecular flexibility index (Phi) is 5.63. The van der Waals surface area contributed by atoms with Gasteiger partial charge in [-0.05, 0) is 41.5 Å². The number of amides is 2. The van der Waals surface area contributed by atoms with Gasteiger partial charge < -0.3 is 19.7 Å². The Morgan fingerprint density at radius 1 is 1.37 bits per heavy atom. The van der Waals surface area contributed by atoms with Gasteiger partial charge in [-0.1, -0.05) is 0 Å². The van der Waals surface area contributed by atoms with Crippen molar-refractivity contribution < 1.29 is 23.5 Å². The van der Waals surface area contributed by atoms with Crippen LogP contribution in [0, 0.1) is 5.82 Å². The number of hydrogen-bond acceptors (Lipinski definition) is 8. The number of nitrogens with one attached hydrogen (secondary N) is 1. The van der Waals surface area contributed by atoms with Crippen molar-refractivity contribution in [3.8, 4) is 0 Å². The highest BCUT2D eigenvalue weighted by Gasteiger charge is 2.33. The van der Waals surface area contributed by atoms with Crippen LogP contribution in [0.3, 0.4) is 0 Å². The Hall–Kier alpha value is -3.44. The van der Waals surface area contributed by atoms with Crippen LogP contribution < -0.4 is 15.1 Å². The number of methoxy groups -OCH3 is 1. The molecule has 1 N–H and O–H groups in total. The van der Waals surface area contributed by atoms with Crippen molar-refractivity contribution in [2.45, 2.75) is 25.0 Å². The number of aromatic nitrogens is 4. The van der Waals surface area contributed by atoms with E-state index in [1.54, 1.807) is 23.1 Å². The van der Waals surface area contributed by atoms with Gasteiger partial charge in [0.1, 0.15) is 18.2 Å². The average molecular weight is 419 g/mol. The van der Waals surface area contributed by atoms with Crippen LogP contribution in [-0.2, 0) is 9.47 Å². The zero-order valence-electron chi connectivity index (χ0n) is 16.4. The third kappa shape index (κ3) is 4.11. The summed E-state index contributed by atoms with van der Waals surface area (Å²) in [5.74, 6) is -0.405. The van der Waals surface area contributed by atoms with Gasteiger partial charge in [-0.15, -0.1) is 5.10 Å². The molecule has 160 valence electrons. The third-order valence-electron chi connectivity index (χ3n) is 5.32. The predicted octanol–water partition coefficient (Wildman–Crippen LogP) is 1.33. The Labute approximate surface area is 171 Å². The Morgan fingerprint density at radius 2 is 2.17 bits per heavy atom. The first-order valence-corrected chi connectivity index (χ1v) is 9.62. The van der Waals surface area contributed by atoms with E-state index in [4.69, 9.17) is 4.74 Å². The number of rotatable bonds is 5. The molecule has 2 amide bonds. The van der Waals surface area contributed by atoms with Gasteiger partial charge in [0, 0.05) is 13.1 Å². The van der Waals surface area contributed by atoms with Crippen molar-refractivity contribution in [1.82, 2.24) is 25.5 Å². The molecule has 1 atom stereocenters. The number of halogens is 1. The second-order valence-corrected chi connectivity index (χ2v) is 7.13. The zero-order valence-corrected chi connectivity index (χ0v) is 16.4. The summed E-state index contributed by atoms with van der Waals surface area (Å²) in [6.07, 6.45) is 1.48. The van der Waals surface area contributed by atoms with E-state index in [0.29, 0.717) is 24.5 Å². The minimum Gasteiger partial charge on any atom is -0.453 e. The minimum absolute atomic E-state index is 0.117. The molecule has 2 saturated heterocycles. The van der Waals surface area contributed by atoms with Crippen molar-refractivity contribution in [3.05, 3.63) is 30.3 Å². The molecule has 11 nitrogen and oxygen atoms in total. The molecule has 0 aliphatic carbocycles. The van der Waals surface area contributed by atoms with Gasteiger partial charge in [0.25, 0.3) is 0 Å². The van der Waals surface area contributed by atoms with Crippen LogP contribution in [0.5, 0.6) is 0 Å². The molecule has 0 bridgehead atoms. The molecule has 4 rings (SSSR count). The maximum Gasteiger partial charge on any atom is 0.414 e. The number of carbonyl (C=O) groups is 2. The maximum absolute atomic E-state index is 14.9. The quantitative estimate of drug-likeness (QED) is 0.772. The predicted molar refractivity (Wildman–Crippen MR) is 103 cm³/mol. The van der Waals surface area contributed by atoms with Crippen molar-refractivity contribution in [3.63, 3.8) is 0 Å². The molecule has 30 heavy (non-hydrogen) atoms. The molecule has 3 heterocycles. The van der Waals surface area contributed by atoms with Crippen molar-refractivity contribution in [1.29, 1.82) is 0 Å². The summed E-state index contributed by atoms with van der Waals surface area (Å²) in [5.41, 5.74) is 0.899. The Balaban J connectivity index is 1.38. The van der Waals surface area contributed by atoms with Crippen LogP contribution >= 0.6 is 0 Å². The topological polar surface area (TPSA) is 115 Å². The van der Waals surface area contributed by atoms with Gasteiger partial charge in [0.15, 0.2) is 0 Å². The summed E-state index contributed by atoms with van der Waals surface area (Å²) in [4.78, 5) is 26.6. The molecule has 1 aromatic carbocycles. The van der Waals surface area contributed by atoms with E-state index in [9.17, 15) is 14.0 Å². The van der Waals surface area contributed by atoms with Gasteiger partial charge in [0.05, 0.1) is 37.6 Å². The highest BCUT2D eigenvalue weighted by molar-refractivity contribution is 5.90. The second-order valence-electron chi connectivity index (χ2n) is 7.13. The fourth-order valence-electron chi connectivity index (χ4n) is 3.74. The smallest absolute Gasteiger partial charge is 0.414 e. The van der Waals surface area contributed by atoms with E-state index >= 15 is 0 Å². The molecular formula is C18H22FN7O4. The van der Waals surface area contributed by atoms with Crippen molar-refractivity contribution in [2.75, 3.05) is 43.1 Å². The van der Waals surface area contributed by atoms with Crippen LogP contribution in [0.4, 0.5) is 25.4 Å². The maximum atomic E-state index is 14.9. The van der Waals surface area contributed by atoms with Crippen LogP contribution in [0.2, 0.25) is 0 Å². The lowest BCUT2D eigenvalue weighted by Crippen LogP contribution is -2.35. The number of hydrogen-bond donors (Lipinski definition) is 1. The first-order chi connectivity index (χ1) is 14.5. The SMILES string of the molecule is COC(=O)NC[C@H]1CN(c2ccc(N3CCC(n4cnnn4)CC3)c(F)c2)C(=O)O1. The molecule has 12 heteroatoms. The van der Waals surface area contributed by atoms with E-state index in [0.717, 1.165) is 12.8 Å². The molecule has 0 saturated carbocycles. The average Bonchev–Trinajstić information content (AvgIpc) is 3.42. The summed E-state index contributed by atoms with van der Waals surface area (Å²) in [6, 6.07) is 4.91. The lowest BCUT2D eigenvalue weighted by molar-refractivity contribution is 0.132. The normalized spacial score (nSPS) is 19.7. The van der Waals surface area contributed by atoms with Gasteiger partial charge in [0.2, 0.25) is 0 Å². The third-order valence-corrected chi connectivity index (χ3v) is 5.32. The number of piperidine rings is 1. The van der Waals surface area contributed by atoms with Crippen molar-refractivity contribution in [2.24, 2.45) is 0 Å². The van der Waals surface area contributed by atoms with Gasteiger partial charge in [-0.25, -0.2) is 18.7 Å². The number of nitrogens with zero attached hydrogens (tertiary/aromatic N) is 6. The highest BCUT2D eigenvalue weighted by atomic mass is 19.1. The van der Waals surface area contributed by atoms with Gasteiger partial charge in [-0.3, -0.25) is 4.90 Å². The summed E-state index contributed by atoms with van der Waals surface area (Å²) < 4.78 is 26.3. The molecule has 0 unspecified atom stereocenters. The number of ether oxygens (including phenoxy) is 2. The fourth-order valence-corrected chi connectivity index (χ4v) is 3.74. The van der Waals surface area contributed by atoms with Gasteiger partial charge in [-0.2, -0.15) is 0 Å². The number of carbonyl (C=O) groups excluding carboxylic acids is 2. The monoisotopic (exact) mass is 419 g/mol. The summed E-state index contributed by atoms with van der Waals surface area (Å²) in [5, 5.41) is 13.7. The zero-order chi connectivity index (χ0) is 21.1. The number of cyclic esters (lactones) is 1. The van der Waals surface area contributed by atoms with Crippen LogP contribution in [0.15, 0.2) is 24.5 Å². The first-order valence-electron chi connectivity index (χ1n) is 9.62. The van der Waals surface area contributed by atoms with E-state index < -0.39 is 24.1 Å². The molecule has 2 aliphatic heterocycles. The van der Waals surface area contributed by atoms with Crippen molar-refractivity contribution >= 4 is 23.6 Å².